The summed E-state index contributed by atoms with van der Waals surface area (Å²) in [7, 11) is 0. The molecule has 1 aromatic carbocycles. The Morgan fingerprint density at radius 3 is 2.68 bits per heavy atom. The van der Waals surface area contributed by atoms with Crippen molar-refractivity contribution in [3.8, 4) is 0 Å². The van der Waals surface area contributed by atoms with E-state index in [0.29, 0.717) is 18.0 Å². The molecule has 1 amide bonds. The van der Waals surface area contributed by atoms with Crippen molar-refractivity contribution < 1.29 is 4.79 Å². The van der Waals surface area contributed by atoms with E-state index in [9.17, 15) is 4.79 Å². The van der Waals surface area contributed by atoms with Crippen LogP contribution in [0.25, 0.3) is 0 Å². The van der Waals surface area contributed by atoms with Crippen LogP contribution >= 0.6 is 35.0 Å². The number of hydrogen-bond acceptors (Lipinski definition) is 2. The average molecular weight is 435 g/mol. The third kappa shape index (κ3) is 3.95. The molecule has 0 aliphatic carbocycles. The van der Waals surface area contributed by atoms with Crippen LogP contribution in [0.15, 0.2) is 24.3 Å². The van der Waals surface area contributed by atoms with E-state index in [2.05, 4.69) is 64.0 Å². The maximum atomic E-state index is 12.9. The molecule has 3 atom stereocenters. The van der Waals surface area contributed by atoms with Gasteiger partial charge in [0.1, 0.15) is 0 Å². The topological polar surface area (TPSA) is 32.3 Å². The summed E-state index contributed by atoms with van der Waals surface area (Å²) in [6.07, 6.45) is 4.20. The van der Waals surface area contributed by atoms with Gasteiger partial charge in [-0.25, -0.2) is 0 Å². The Hall–Kier alpha value is -0.330. The zero-order chi connectivity index (χ0) is 14.8. The molecule has 0 saturated carbocycles. The van der Waals surface area contributed by atoms with Gasteiger partial charge in [0, 0.05) is 22.1 Å². The average Bonchev–Trinajstić information content (AvgIpc) is 2.96. The Morgan fingerprint density at radius 1 is 1.27 bits per heavy atom. The number of benzene rings is 1. The number of rotatable bonds is 2. The normalized spacial score (nSPS) is 28.3. The molecule has 0 aromatic heterocycles. The fourth-order valence-corrected chi connectivity index (χ4v) is 4.01. The first-order valence-electron chi connectivity index (χ1n) is 7.94. The summed E-state index contributed by atoms with van der Waals surface area (Å²) < 4.78 is 1.25. The van der Waals surface area contributed by atoms with Gasteiger partial charge in [-0.2, -0.15) is 0 Å². The lowest BCUT2D eigenvalue weighted by Crippen LogP contribution is -2.44. The van der Waals surface area contributed by atoms with Crippen LogP contribution in [0, 0.1) is 9.49 Å². The molecule has 5 heteroatoms. The summed E-state index contributed by atoms with van der Waals surface area (Å²) in [5.41, 5.74) is 1.29. The zero-order valence-electron chi connectivity index (χ0n) is 12.9. The molecule has 2 aliphatic rings. The van der Waals surface area contributed by atoms with E-state index >= 15 is 0 Å². The Labute approximate surface area is 152 Å². The third-order valence-electron chi connectivity index (χ3n) is 4.76. The van der Waals surface area contributed by atoms with Gasteiger partial charge in [0.2, 0.25) is 5.91 Å². The minimum absolute atomic E-state index is 0. The van der Waals surface area contributed by atoms with Crippen LogP contribution in [0.3, 0.4) is 0 Å². The van der Waals surface area contributed by atoms with Gasteiger partial charge in [0.25, 0.3) is 0 Å². The number of nitrogens with one attached hydrogen (secondary N) is 1. The van der Waals surface area contributed by atoms with Crippen molar-refractivity contribution >= 4 is 40.9 Å². The summed E-state index contributed by atoms with van der Waals surface area (Å²) in [6.45, 7) is 4.08. The number of carbonyl (C=O) groups is 1. The van der Waals surface area contributed by atoms with E-state index in [1.165, 1.54) is 9.13 Å². The first-order chi connectivity index (χ1) is 10.1. The van der Waals surface area contributed by atoms with Crippen molar-refractivity contribution in [1.82, 2.24) is 10.2 Å². The van der Waals surface area contributed by atoms with Gasteiger partial charge in [-0.3, -0.25) is 4.79 Å². The number of likely N-dealkylation sites (tertiary alicyclic amines) is 1. The number of hydrogen-bond donors (Lipinski definition) is 1. The Morgan fingerprint density at radius 2 is 2.00 bits per heavy atom. The van der Waals surface area contributed by atoms with Crippen molar-refractivity contribution in [1.29, 1.82) is 0 Å². The van der Waals surface area contributed by atoms with Crippen molar-refractivity contribution in [2.75, 3.05) is 13.1 Å². The molecule has 3 rings (SSSR count). The molecule has 2 heterocycles. The van der Waals surface area contributed by atoms with Crippen LogP contribution in [0.1, 0.15) is 44.2 Å². The van der Waals surface area contributed by atoms with Crippen LogP contribution < -0.4 is 5.32 Å². The molecule has 2 aliphatic heterocycles. The molecule has 1 N–H and O–H groups in total. The molecule has 0 bridgehead atoms. The van der Waals surface area contributed by atoms with Gasteiger partial charge in [0.05, 0.1) is 6.04 Å². The van der Waals surface area contributed by atoms with Gasteiger partial charge in [-0.1, -0.05) is 12.1 Å². The lowest BCUT2D eigenvalue weighted by Gasteiger charge is -2.33. The lowest BCUT2D eigenvalue weighted by molar-refractivity contribution is -0.137. The van der Waals surface area contributed by atoms with Gasteiger partial charge in [-0.15, -0.1) is 12.4 Å². The summed E-state index contributed by atoms with van der Waals surface area (Å²) in [6, 6.07) is 9.41. The smallest absolute Gasteiger partial charge is 0.226 e. The van der Waals surface area contributed by atoms with Crippen molar-refractivity contribution in [2.24, 2.45) is 5.92 Å². The monoisotopic (exact) mass is 434 g/mol. The second kappa shape index (κ2) is 7.97. The number of amides is 1. The predicted octanol–water partition coefficient (Wildman–Crippen LogP) is 3.76. The molecule has 2 fully saturated rings. The highest BCUT2D eigenvalue weighted by molar-refractivity contribution is 14.1. The standard InChI is InChI=1S/C17H23IN2O.ClH/c1-12-11-14(8-9-19-12)17(21)20-10-2-3-16(20)13-4-6-15(18)7-5-13;/h4-7,12,14,16,19H,2-3,8-11H2,1H3;1H/t12-,14-,16?;/m0./s1. The molecular formula is C17H24ClIN2O. The fourth-order valence-electron chi connectivity index (χ4n) is 3.65. The second-order valence-electron chi connectivity index (χ2n) is 6.32. The van der Waals surface area contributed by atoms with Crippen molar-refractivity contribution in [3.63, 3.8) is 0 Å². The molecule has 2 saturated heterocycles. The molecule has 1 unspecified atom stereocenters. The molecule has 0 spiro atoms. The van der Waals surface area contributed by atoms with E-state index in [0.717, 1.165) is 38.8 Å². The maximum absolute atomic E-state index is 12.9. The van der Waals surface area contributed by atoms with Gasteiger partial charge < -0.3 is 10.2 Å². The molecule has 122 valence electrons. The van der Waals surface area contributed by atoms with Crippen LogP contribution in [0.5, 0.6) is 0 Å². The van der Waals surface area contributed by atoms with Gasteiger partial charge in [0.15, 0.2) is 0 Å². The number of halogens is 2. The van der Waals surface area contributed by atoms with Gasteiger partial charge in [-0.05, 0) is 79.4 Å². The quantitative estimate of drug-likeness (QED) is 0.719. The van der Waals surface area contributed by atoms with E-state index in [-0.39, 0.29) is 18.3 Å². The number of carbonyl (C=O) groups excluding carboxylic acids is 1. The number of nitrogens with zero attached hydrogens (tertiary/aromatic N) is 1. The second-order valence-corrected chi connectivity index (χ2v) is 7.56. The Balaban J connectivity index is 0.00000176. The SMILES string of the molecule is C[C@H]1C[C@@H](C(=O)N2CCCC2c2ccc(I)cc2)CCN1.Cl. The summed E-state index contributed by atoms with van der Waals surface area (Å²) in [5.74, 6) is 0.593. The van der Waals surface area contributed by atoms with E-state index in [1.807, 2.05) is 0 Å². The lowest BCUT2D eigenvalue weighted by atomic mass is 9.91. The Bertz CT molecular complexity index is 508. The molecular weight excluding hydrogens is 411 g/mol. The third-order valence-corrected chi connectivity index (χ3v) is 5.48. The fraction of sp³-hybridized carbons (Fsp3) is 0.588. The highest BCUT2D eigenvalue weighted by Crippen LogP contribution is 2.34. The summed E-state index contributed by atoms with van der Waals surface area (Å²) in [4.78, 5) is 15.0. The molecule has 22 heavy (non-hydrogen) atoms. The zero-order valence-corrected chi connectivity index (χ0v) is 15.9. The first kappa shape index (κ1) is 18.0. The van der Waals surface area contributed by atoms with Crippen LogP contribution in [-0.2, 0) is 4.79 Å². The van der Waals surface area contributed by atoms with Crippen molar-refractivity contribution in [3.05, 3.63) is 33.4 Å². The molecule has 3 nitrogen and oxygen atoms in total. The molecule has 0 radical (unpaired) electrons. The number of piperidine rings is 1. The van der Waals surface area contributed by atoms with E-state index in [1.54, 1.807) is 0 Å². The summed E-state index contributed by atoms with van der Waals surface area (Å²) in [5, 5.41) is 3.43. The Kier molecular flexibility index (Phi) is 6.53. The maximum Gasteiger partial charge on any atom is 0.226 e. The van der Waals surface area contributed by atoms with E-state index in [4.69, 9.17) is 0 Å². The highest BCUT2D eigenvalue weighted by atomic mass is 127. The largest absolute Gasteiger partial charge is 0.335 e. The predicted molar refractivity (Wildman–Crippen MR) is 100 cm³/mol. The van der Waals surface area contributed by atoms with Crippen LogP contribution in [-0.4, -0.2) is 29.9 Å². The van der Waals surface area contributed by atoms with Crippen LogP contribution in [0.2, 0.25) is 0 Å². The molecule has 1 aromatic rings. The highest BCUT2D eigenvalue weighted by Gasteiger charge is 2.35. The van der Waals surface area contributed by atoms with Crippen LogP contribution in [0.4, 0.5) is 0 Å². The van der Waals surface area contributed by atoms with E-state index < -0.39 is 0 Å². The summed E-state index contributed by atoms with van der Waals surface area (Å²) >= 11 is 2.33. The minimum atomic E-state index is 0. The van der Waals surface area contributed by atoms with Gasteiger partial charge >= 0.3 is 0 Å². The minimum Gasteiger partial charge on any atom is -0.335 e. The van der Waals surface area contributed by atoms with Crippen molar-refractivity contribution in [2.45, 2.75) is 44.7 Å². The first-order valence-corrected chi connectivity index (χ1v) is 9.02.